The number of hydrogen-bond acceptors (Lipinski definition) is 6. The molecule has 0 radical (unpaired) electrons. The lowest BCUT2D eigenvalue weighted by Crippen LogP contribution is -2.52. The normalized spacial score (nSPS) is 33.7. The van der Waals surface area contributed by atoms with Gasteiger partial charge < -0.3 is 9.94 Å². The molecular weight excluding hydrogens is 256 g/mol. The van der Waals surface area contributed by atoms with Gasteiger partial charge in [0.05, 0.1) is 0 Å². The molecule has 0 aromatic carbocycles. The lowest BCUT2D eigenvalue weighted by atomic mass is 9.59. The van der Waals surface area contributed by atoms with Crippen LogP contribution in [0.25, 0.3) is 0 Å². The Kier molecular flexibility index (Phi) is 4.04. The quantitative estimate of drug-likeness (QED) is 0.599. The molecule has 0 aliphatic heterocycles. The van der Waals surface area contributed by atoms with Crippen LogP contribution in [0.2, 0.25) is 0 Å². The predicted octanol–water partition coefficient (Wildman–Crippen LogP) is 1.42. The summed E-state index contributed by atoms with van der Waals surface area (Å²) in [6.07, 6.45) is 1.03. The van der Waals surface area contributed by atoms with Gasteiger partial charge in [-0.1, -0.05) is 20.8 Å². The molecule has 1 aliphatic rings. The summed E-state index contributed by atoms with van der Waals surface area (Å²) in [6.45, 7) is 4.82. The summed E-state index contributed by atoms with van der Waals surface area (Å²) in [5.41, 5.74) is -2.43. The highest BCUT2D eigenvalue weighted by molar-refractivity contribution is 4.99. The van der Waals surface area contributed by atoms with Crippen LogP contribution in [0.15, 0.2) is 0 Å². The zero-order valence-electron chi connectivity index (χ0n) is 11.4. The highest BCUT2D eigenvalue weighted by atomic mass is 16.9. The predicted molar refractivity (Wildman–Crippen MR) is 65.5 cm³/mol. The maximum atomic E-state index is 10.7. The molecule has 1 aliphatic carbocycles. The van der Waals surface area contributed by atoms with E-state index in [4.69, 9.17) is 0 Å². The van der Waals surface area contributed by atoms with E-state index in [1.165, 1.54) is 0 Å². The molecule has 0 amide bonds. The van der Waals surface area contributed by atoms with E-state index in [9.17, 15) is 25.3 Å². The van der Waals surface area contributed by atoms with Crippen molar-refractivity contribution >= 4 is 0 Å². The Hall–Kier alpha value is -1.44. The zero-order chi connectivity index (χ0) is 14.9. The monoisotopic (exact) mass is 276 g/mol. The topological polar surface area (TPSA) is 116 Å². The van der Waals surface area contributed by atoms with Crippen LogP contribution in [-0.4, -0.2) is 33.9 Å². The molecule has 8 nitrogen and oxygen atoms in total. The third kappa shape index (κ3) is 4.62. The van der Waals surface area contributed by atoms with Gasteiger partial charge in [-0.15, -0.1) is 10.1 Å². The van der Waals surface area contributed by atoms with Gasteiger partial charge in [-0.05, 0) is 30.1 Å². The lowest BCUT2D eigenvalue weighted by Gasteiger charge is -2.48. The third-order valence-electron chi connectivity index (χ3n) is 3.41. The molecule has 0 unspecified atom stereocenters. The Morgan fingerprint density at radius 2 is 1.74 bits per heavy atom. The molecule has 1 N–H and O–H groups in total. The van der Waals surface area contributed by atoms with E-state index in [1.54, 1.807) is 6.92 Å². The average Bonchev–Trinajstić information content (AvgIpc) is 2.08. The summed E-state index contributed by atoms with van der Waals surface area (Å²) in [5, 5.41) is 30.5. The number of aliphatic hydroxyl groups is 1. The maximum absolute atomic E-state index is 10.7. The summed E-state index contributed by atoms with van der Waals surface area (Å²) in [4.78, 5) is 24.8. The fourth-order valence-corrected chi connectivity index (χ4v) is 3.69. The first-order valence-electron chi connectivity index (χ1n) is 6.07. The van der Waals surface area contributed by atoms with Crippen molar-refractivity contribution in [3.8, 4) is 0 Å². The molecule has 0 heterocycles. The second-order valence-electron chi connectivity index (χ2n) is 6.72. The largest absolute Gasteiger partial charge is 0.383 e. The minimum absolute atomic E-state index is 0.123. The Bertz CT molecular complexity index is 385. The first-order chi connectivity index (χ1) is 8.45. The molecule has 110 valence electrons. The van der Waals surface area contributed by atoms with Gasteiger partial charge in [-0.3, -0.25) is 10.1 Å². The second kappa shape index (κ2) is 4.92. The fourth-order valence-electron chi connectivity index (χ4n) is 3.69. The molecule has 0 bridgehead atoms. The molecule has 8 heteroatoms. The van der Waals surface area contributed by atoms with Crippen molar-refractivity contribution < 1.29 is 20.0 Å². The highest BCUT2D eigenvalue weighted by Gasteiger charge is 2.51. The van der Waals surface area contributed by atoms with Crippen LogP contribution in [0.3, 0.4) is 0 Å². The first-order valence-corrected chi connectivity index (χ1v) is 6.07. The van der Waals surface area contributed by atoms with Gasteiger partial charge in [0.1, 0.15) is 12.2 Å². The third-order valence-corrected chi connectivity index (χ3v) is 3.41. The van der Waals surface area contributed by atoms with Crippen molar-refractivity contribution in [3.63, 3.8) is 0 Å². The van der Waals surface area contributed by atoms with Crippen molar-refractivity contribution in [3.05, 3.63) is 20.2 Å². The number of nitrogens with zero attached hydrogens (tertiary/aromatic N) is 2. The van der Waals surface area contributed by atoms with Crippen LogP contribution < -0.4 is 0 Å². The highest BCUT2D eigenvalue weighted by Crippen LogP contribution is 2.50. The zero-order valence-corrected chi connectivity index (χ0v) is 11.4. The van der Waals surface area contributed by atoms with Crippen LogP contribution in [0.5, 0.6) is 0 Å². The van der Waals surface area contributed by atoms with Crippen molar-refractivity contribution in [2.24, 2.45) is 10.8 Å². The molecular formula is C11H20N2O6. The minimum Gasteiger partial charge on any atom is -0.383 e. The van der Waals surface area contributed by atoms with E-state index < -0.39 is 27.6 Å². The smallest absolute Gasteiger partial charge is 0.294 e. The lowest BCUT2D eigenvalue weighted by molar-refractivity contribution is -0.761. The van der Waals surface area contributed by atoms with Crippen LogP contribution in [0, 0.1) is 31.1 Å². The van der Waals surface area contributed by atoms with Crippen LogP contribution in [-0.2, 0) is 4.84 Å². The summed E-state index contributed by atoms with van der Waals surface area (Å²) >= 11 is 0. The number of rotatable bonds is 5. The van der Waals surface area contributed by atoms with Gasteiger partial charge in [0, 0.05) is 4.92 Å². The summed E-state index contributed by atoms with van der Waals surface area (Å²) in [6, 6.07) is 0. The van der Waals surface area contributed by atoms with Gasteiger partial charge in [0.2, 0.25) is 6.54 Å². The first kappa shape index (κ1) is 15.6. The van der Waals surface area contributed by atoms with Gasteiger partial charge in [0.25, 0.3) is 5.09 Å². The van der Waals surface area contributed by atoms with E-state index in [0.717, 1.165) is 0 Å². The van der Waals surface area contributed by atoms with Gasteiger partial charge >= 0.3 is 0 Å². The molecule has 0 saturated heterocycles. The van der Waals surface area contributed by atoms with E-state index in [1.807, 2.05) is 13.8 Å². The van der Waals surface area contributed by atoms with Crippen LogP contribution in [0.4, 0.5) is 0 Å². The van der Waals surface area contributed by atoms with E-state index in [2.05, 4.69) is 4.84 Å². The second-order valence-corrected chi connectivity index (χ2v) is 6.72. The van der Waals surface area contributed by atoms with Gasteiger partial charge in [-0.25, -0.2) is 0 Å². The van der Waals surface area contributed by atoms with Crippen molar-refractivity contribution in [2.75, 3.05) is 13.2 Å². The molecule has 1 fully saturated rings. The van der Waals surface area contributed by atoms with Crippen molar-refractivity contribution in [1.29, 1.82) is 0 Å². The van der Waals surface area contributed by atoms with Crippen molar-refractivity contribution in [2.45, 2.75) is 45.6 Å². The average molecular weight is 276 g/mol. The Morgan fingerprint density at radius 3 is 2.21 bits per heavy atom. The standard InChI is InChI=1S/C11H20N2O6/c1-9(2)4-10(3,8-19-13(17)18)6-11(14,5-9)7-12(15)16/h14H,4-8H2,1-3H3/t10-,11+/m0/s1. The van der Waals surface area contributed by atoms with E-state index >= 15 is 0 Å². The summed E-state index contributed by atoms with van der Waals surface area (Å²) in [5.74, 6) is 0. The Labute approximate surface area is 111 Å². The van der Waals surface area contributed by atoms with Crippen LogP contribution in [0.1, 0.15) is 40.0 Å². The van der Waals surface area contributed by atoms with Gasteiger partial charge in [0.15, 0.2) is 0 Å². The Morgan fingerprint density at radius 1 is 1.16 bits per heavy atom. The van der Waals surface area contributed by atoms with Crippen LogP contribution >= 0.6 is 0 Å². The molecule has 1 saturated carbocycles. The van der Waals surface area contributed by atoms with Gasteiger partial charge in [-0.2, -0.15) is 0 Å². The summed E-state index contributed by atoms with van der Waals surface area (Å²) < 4.78 is 0. The molecule has 2 atom stereocenters. The molecule has 0 aromatic heterocycles. The molecule has 0 aromatic rings. The van der Waals surface area contributed by atoms with Crippen molar-refractivity contribution in [1.82, 2.24) is 0 Å². The molecule has 19 heavy (non-hydrogen) atoms. The fraction of sp³-hybridized carbons (Fsp3) is 1.00. The SMILES string of the molecule is CC1(C)C[C@](C)(CO[N+](=O)[O-])C[C@@](O)(C[N+](=O)[O-])C1. The van der Waals surface area contributed by atoms with E-state index in [0.29, 0.717) is 12.8 Å². The molecule has 1 rings (SSSR count). The minimum atomic E-state index is -1.44. The molecule has 0 spiro atoms. The Balaban J connectivity index is 2.88. The number of nitro groups is 1. The van der Waals surface area contributed by atoms with E-state index in [-0.39, 0.29) is 18.4 Å². The maximum Gasteiger partial charge on any atom is 0.294 e. The number of hydrogen-bond donors (Lipinski definition) is 1. The summed E-state index contributed by atoms with van der Waals surface area (Å²) in [7, 11) is 0.